The summed E-state index contributed by atoms with van der Waals surface area (Å²) in [5.74, 6) is 1.23. The number of aromatic nitrogens is 2. The number of ether oxygens (including phenoxy) is 1. The van der Waals surface area contributed by atoms with E-state index in [9.17, 15) is 0 Å². The third-order valence-corrected chi connectivity index (χ3v) is 4.85. The summed E-state index contributed by atoms with van der Waals surface area (Å²) in [6, 6.07) is 0. The Balaban J connectivity index is 1.51. The van der Waals surface area contributed by atoms with Gasteiger partial charge in [0.1, 0.15) is 18.1 Å². The van der Waals surface area contributed by atoms with Crippen LogP contribution in [0, 0.1) is 0 Å². The van der Waals surface area contributed by atoms with Gasteiger partial charge in [0.05, 0.1) is 0 Å². The second-order valence-corrected chi connectivity index (χ2v) is 6.65. The van der Waals surface area contributed by atoms with E-state index in [1.54, 1.807) is 0 Å². The monoisotopic (exact) mass is 319 g/mol. The van der Waals surface area contributed by atoms with E-state index in [-0.39, 0.29) is 6.10 Å². The van der Waals surface area contributed by atoms with Crippen LogP contribution in [0.2, 0.25) is 0 Å². The Morgan fingerprint density at radius 1 is 1.09 bits per heavy atom. The van der Waals surface area contributed by atoms with Crippen molar-refractivity contribution in [2.75, 3.05) is 37.2 Å². The lowest BCUT2D eigenvalue weighted by Crippen LogP contribution is -2.33. The molecule has 0 amide bonds. The van der Waals surface area contributed by atoms with Crippen LogP contribution in [0.15, 0.2) is 6.33 Å². The first-order chi connectivity index (χ1) is 11.3. The molecule has 2 heterocycles. The summed E-state index contributed by atoms with van der Waals surface area (Å²) in [5.41, 5.74) is 6.73. The molecule has 1 aliphatic heterocycles. The Hall–Kier alpha value is -1.56. The Morgan fingerprint density at radius 2 is 1.83 bits per heavy atom. The van der Waals surface area contributed by atoms with Crippen LogP contribution in [0.4, 0.5) is 11.5 Å². The minimum Gasteiger partial charge on any atom is -0.473 e. The molecule has 0 atom stereocenters. The molecule has 6 nitrogen and oxygen atoms in total. The molecular weight excluding hydrogens is 290 g/mol. The third kappa shape index (κ3) is 4.70. The second kappa shape index (κ2) is 8.34. The van der Waals surface area contributed by atoms with Crippen LogP contribution in [0.25, 0.3) is 0 Å². The Labute approximate surface area is 138 Å². The predicted molar refractivity (Wildman–Crippen MR) is 92.7 cm³/mol. The molecule has 1 aromatic rings. The first kappa shape index (κ1) is 16.3. The summed E-state index contributed by atoms with van der Waals surface area (Å²) < 4.78 is 6.00. The largest absolute Gasteiger partial charge is 0.473 e. The van der Waals surface area contributed by atoms with E-state index in [0.717, 1.165) is 25.9 Å². The molecule has 1 saturated carbocycles. The maximum Gasteiger partial charge on any atom is 0.242 e. The SMILES string of the molecule is Nc1c(NCCN2CCCCC2)ncnc1OC1CCCCC1. The summed E-state index contributed by atoms with van der Waals surface area (Å²) in [7, 11) is 0. The van der Waals surface area contributed by atoms with Crippen molar-refractivity contribution in [1.29, 1.82) is 0 Å². The van der Waals surface area contributed by atoms with Crippen molar-refractivity contribution in [3.05, 3.63) is 6.33 Å². The van der Waals surface area contributed by atoms with E-state index < -0.39 is 0 Å². The predicted octanol–water partition coefficient (Wildman–Crippen LogP) is 2.67. The lowest BCUT2D eigenvalue weighted by atomic mass is 9.98. The van der Waals surface area contributed by atoms with Gasteiger partial charge in [0.25, 0.3) is 0 Å². The lowest BCUT2D eigenvalue weighted by Gasteiger charge is -2.26. The van der Waals surface area contributed by atoms with Crippen molar-refractivity contribution in [3.8, 4) is 5.88 Å². The van der Waals surface area contributed by atoms with Gasteiger partial charge >= 0.3 is 0 Å². The van der Waals surface area contributed by atoms with Crippen molar-refractivity contribution in [1.82, 2.24) is 14.9 Å². The zero-order valence-electron chi connectivity index (χ0n) is 14.0. The van der Waals surface area contributed by atoms with E-state index in [1.165, 1.54) is 57.9 Å². The fourth-order valence-corrected chi connectivity index (χ4v) is 3.47. The standard InChI is InChI=1S/C17H29N5O/c18-15-16(19-9-12-22-10-5-2-6-11-22)20-13-21-17(15)23-14-7-3-1-4-8-14/h13-14H,1-12,18H2,(H,19,20,21). The number of anilines is 2. The van der Waals surface area contributed by atoms with Crippen LogP contribution >= 0.6 is 0 Å². The molecule has 23 heavy (non-hydrogen) atoms. The van der Waals surface area contributed by atoms with Gasteiger partial charge in [-0.2, -0.15) is 4.98 Å². The third-order valence-electron chi connectivity index (χ3n) is 4.85. The van der Waals surface area contributed by atoms with Gasteiger partial charge in [-0.1, -0.05) is 12.8 Å². The summed E-state index contributed by atoms with van der Waals surface area (Å²) in [6.45, 7) is 4.29. The quantitative estimate of drug-likeness (QED) is 0.839. The molecule has 6 heteroatoms. The molecule has 1 aliphatic carbocycles. The molecule has 2 aliphatic rings. The summed E-state index contributed by atoms with van der Waals surface area (Å²) >= 11 is 0. The van der Waals surface area contributed by atoms with Crippen molar-refractivity contribution in [2.45, 2.75) is 57.5 Å². The number of nitrogens with zero attached hydrogens (tertiary/aromatic N) is 3. The molecule has 3 N–H and O–H groups in total. The fourth-order valence-electron chi connectivity index (χ4n) is 3.47. The van der Waals surface area contributed by atoms with E-state index in [1.807, 2.05) is 0 Å². The van der Waals surface area contributed by atoms with Crippen LogP contribution in [0.5, 0.6) is 5.88 Å². The van der Waals surface area contributed by atoms with Crippen LogP contribution in [-0.2, 0) is 0 Å². The molecule has 1 saturated heterocycles. The Morgan fingerprint density at radius 3 is 2.61 bits per heavy atom. The summed E-state index contributed by atoms with van der Waals surface area (Å²) in [4.78, 5) is 11.0. The summed E-state index contributed by atoms with van der Waals surface area (Å²) in [6.07, 6.45) is 11.8. The summed E-state index contributed by atoms with van der Waals surface area (Å²) in [5, 5.41) is 3.34. The van der Waals surface area contributed by atoms with Gasteiger partial charge in [-0.25, -0.2) is 4.98 Å². The van der Waals surface area contributed by atoms with E-state index >= 15 is 0 Å². The maximum atomic E-state index is 6.19. The first-order valence-corrected chi connectivity index (χ1v) is 9.06. The molecule has 0 bridgehead atoms. The highest BCUT2D eigenvalue weighted by atomic mass is 16.5. The van der Waals surface area contributed by atoms with Crippen molar-refractivity contribution >= 4 is 11.5 Å². The molecule has 0 spiro atoms. The first-order valence-electron chi connectivity index (χ1n) is 9.06. The van der Waals surface area contributed by atoms with Crippen molar-refractivity contribution in [2.24, 2.45) is 0 Å². The number of hydrogen-bond donors (Lipinski definition) is 2. The van der Waals surface area contributed by atoms with Gasteiger partial charge in [0.15, 0.2) is 5.82 Å². The number of nitrogens with one attached hydrogen (secondary N) is 1. The average molecular weight is 319 g/mol. The molecular formula is C17H29N5O. The van der Waals surface area contributed by atoms with Crippen molar-refractivity contribution in [3.63, 3.8) is 0 Å². The topological polar surface area (TPSA) is 76.3 Å². The van der Waals surface area contributed by atoms with Gasteiger partial charge < -0.3 is 20.7 Å². The van der Waals surface area contributed by atoms with E-state index in [4.69, 9.17) is 10.5 Å². The number of nitrogens with two attached hydrogens (primary N) is 1. The Kier molecular flexibility index (Phi) is 5.91. The smallest absolute Gasteiger partial charge is 0.242 e. The highest BCUT2D eigenvalue weighted by Gasteiger charge is 2.18. The van der Waals surface area contributed by atoms with Crippen LogP contribution < -0.4 is 15.8 Å². The fraction of sp³-hybridized carbons (Fsp3) is 0.765. The lowest BCUT2D eigenvalue weighted by molar-refractivity contribution is 0.149. The van der Waals surface area contributed by atoms with Gasteiger partial charge in [-0.3, -0.25) is 0 Å². The van der Waals surface area contributed by atoms with E-state index in [0.29, 0.717) is 17.4 Å². The van der Waals surface area contributed by atoms with Gasteiger partial charge in [-0.05, 0) is 51.6 Å². The number of hydrogen-bond acceptors (Lipinski definition) is 6. The number of piperidine rings is 1. The second-order valence-electron chi connectivity index (χ2n) is 6.65. The minimum atomic E-state index is 0.252. The van der Waals surface area contributed by atoms with Crippen molar-refractivity contribution < 1.29 is 4.74 Å². The number of nitrogen functional groups attached to an aromatic ring is 1. The average Bonchev–Trinajstić information content (AvgIpc) is 2.60. The van der Waals surface area contributed by atoms with Crippen LogP contribution in [0.3, 0.4) is 0 Å². The van der Waals surface area contributed by atoms with Gasteiger partial charge in [-0.15, -0.1) is 0 Å². The highest BCUT2D eigenvalue weighted by Crippen LogP contribution is 2.28. The number of likely N-dealkylation sites (tertiary alicyclic amines) is 1. The zero-order chi connectivity index (χ0) is 15.9. The number of rotatable bonds is 6. The highest BCUT2D eigenvalue weighted by molar-refractivity contribution is 5.66. The molecule has 3 rings (SSSR count). The maximum absolute atomic E-state index is 6.19. The molecule has 0 unspecified atom stereocenters. The molecule has 2 fully saturated rings. The normalized spacial score (nSPS) is 20.3. The molecule has 128 valence electrons. The van der Waals surface area contributed by atoms with E-state index in [2.05, 4.69) is 20.2 Å². The molecule has 0 aromatic carbocycles. The van der Waals surface area contributed by atoms with Crippen LogP contribution in [-0.4, -0.2) is 47.2 Å². The van der Waals surface area contributed by atoms with Crippen LogP contribution in [0.1, 0.15) is 51.4 Å². The minimum absolute atomic E-state index is 0.252. The Bertz CT molecular complexity index is 484. The molecule has 1 aromatic heterocycles. The molecule has 0 radical (unpaired) electrons. The van der Waals surface area contributed by atoms with Gasteiger partial charge in [0, 0.05) is 13.1 Å². The van der Waals surface area contributed by atoms with Gasteiger partial charge in [0.2, 0.25) is 5.88 Å². The zero-order valence-corrected chi connectivity index (χ0v) is 14.0.